The Hall–Kier alpha value is -1.05. The minimum absolute atomic E-state index is 0.199. The number of likely N-dealkylation sites (N-methyl/N-ethyl adjacent to an activating group) is 1. The molecule has 1 aliphatic carbocycles. The molecule has 2 aliphatic rings. The molecule has 2 rings (SSSR count). The van der Waals surface area contributed by atoms with Crippen molar-refractivity contribution >= 4 is 5.91 Å². The van der Waals surface area contributed by atoms with Gasteiger partial charge in [0.25, 0.3) is 5.91 Å². The van der Waals surface area contributed by atoms with Crippen LogP contribution < -0.4 is 0 Å². The summed E-state index contributed by atoms with van der Waals surface area (Å²) < 4.78 is 0. The minimum Gasteiger partial charge on any atom is -0.341 e. The van der Waals surface area contributed by atoms with E-state index >= 15 is 0 Å². The predicted molar refractivity (Wildman–Crippen MR) is 52.2 cm³/mol. The normalized spacial score (nSPS) is 28.0. The van der Waals surface area contributed by atoms with E-state index in [4.69, 9.17) is 0 Å². The Balaban J connectivity index is 2.30. The van der Waals surface area contributed by atoms with Crippen molar-refractivity contribution in [3.8, 4) is 0 Å². The minimum atomic E-state index is 0.199. The van der Waals surface area contributed by atoms with E-state index in [0.717, 1.165) is 25.0 Å². The first-order valence-electron chi connectivity index (χ1n) is 4.85. The molecular weight excluding hydrogens is 162 g/mol. The summed E-state index contributed by atoms with van der Waals surface area (Å²) in [5.41, 5.74) is 2.22. The first kappa shape index (κ1) is 8.54. The molecular formula is C11H15NO. The summed E-state index contributed by atoms with van der Waals surface area (Å²) in [5, 5.41) is 0. The molecule has 0 spiro atoms. The smallest absolute Gasteiger partial charge is 0.253 e. The first-order valence-corrected chi connectivity index (χ1v) is 4.85. The Morgan fingerprint density at radius 1 is 1.54 bits per heavy atom. The monoisotopic (exact) mass is 177 g/mol. The molecule has 70 valence electrons. The molecule has 0 aromatic rings. The van der Waals surface area contributed by atoms with Crippen LogP contribution >= 0.6 is 0 Å². The maximum atomic E-state index is 11.7. The van der Waals surface area contributed by atoms with Gasteiger partial charge in [0.2, 0.25) is 0 Å². The van der Waals surface area contributed by atoms with Crippen molar-refractivity contribution in [2.45, 2.75) is 19.8 Å². The van der Waals surface area contributed by atoms with E-state index in [2.05, 4.69) is 19.1 Å². The molecule has 1 fully saturated rings. The molecule has 2 nitrogen and oxygen atoms in total. The quantitative estimate of drug-likeness (QED) is 0.552. The third-order valence-corrected chi connectivity index (χ3v) is 2.82. The van der Waals surface area contributed by atoms with Gasteiger partial charge in [-0.1, -0.05) is 19.1 Å². The number of allylic oxidation sites excluding steroid dienone is 2. The van der Waals surface area contributed by atoms with Crippen LogP contribution in [0, 0.1) is 5.92 Å². The van der Waals surface area contributed by atoms with Crippen molar-refractivity contribution < 1.29 is 4.79 Å². The van der Waals surface area contributed by atoms with E-state index < -0.39 is 0 Å². The van der Waals surface area contributed by atoms with Crippen LogP contribution in [-0.4, -0.2) is 24.4 Å². The van der Waals surface area contributed by atoms with Gasteiger partial charge in [0, 0.05) is 19.2 Å². The first-order chi connectivity index (χ1) is 6.18. The van der Waals surface area contributed by atoms with Crippen molar-refractivity contribution in [3.63, 3.8) is 0 Å². The topological polar surface area (TPSA) is 20.3 Å². The zero-order valence-electron chi connectivity index (χ0n) is 8.21. The molecule has 1 atom stereocenters. The lowest BCUT2D eigenvalue weighted by Crippen LogP contribution is -2.35. The van der Waals surface area contributed by atoms with E-state index in [9.17, 15) is 4.79 Å². The fourth-order valence-corrected chi connectivity index (χ4v) is 1.97. The molecule has 1 heterocycles. The molecule has 0 bridgehead atoms. The molecule has 1 aliphatic heterocycles. The number of likely N-dealkylation sites (tertiary alicyclic amines) is 1. The highest BCUT2D eigenvalue weighted by Crippen LogP contribution is 2.29. The number of amides is 1. The number of hydrogen-bond donors (Lipinski definition) is 0. The Labute approximate surface area is 78.9 Å². The number of piperidine rings is 1. The Bertz CT molecular complexity index is 301. The van der Waals surface area contributed by atoms with Gasteiger partial charge >= 0.3 is 0 Å². The van der Waals surface area contributed by atoms with Crippen LogP contribution in [0.25, 0.3) is 0 Å². The maximum Gasteiger partial charge on any atom is 0.253 e. The van der Waals surface area contributed by atoms with Crippen LogP contribution in [0.4, 0.5) is 0 Å². The molecule has 0 aromatic heterocycles. The fraction of sp³-hybridized carbons (Fsp3) is 0.545. The highest BCUT2D eigenvalue weighted by molar-refractivity contribution is 5.99. The molecule has 0 saturated carbocycles. The summed E-state index contributed by atoms with van der Waals surface area (Å²) in [6.45, 7) is 3.07. The molecule has 2 heteroatoms. The molecule has 13 heavy (non-hydrogen) atoms. The number of hydrogen-bond acceptors (Lipinski definition) is 1. The Kier molecular flexibility index (Phi) is 1.98. The molecule has 1 unspecified atom stereocenters. The lowest BCUT2D eigenvalue weighted by molar-refractivity contribution is -0.126. The third-order valence-electron chi connectivity index (χ3n) is 2.82. The number of carbonyl (C=O) groups is 1. The molecule has 0 N–H and O–H groups in total. The summed E-state index contributed by atoms with van der Waals surface area (Å²) in [4.78, 5) is 13.5. The fourth-order valence-electron chi connectivity index (χ4n) is 1.97. The number of fused-ring (bicyclic) bond motifs is 1. The van der Waals surface area contributed by atoms with Crippen LogP contribution in [0.1, 0.15) is 19.8 Å². The standard InChI is InChI=1S/C11H15NO/c1-8-3-4-10-9(7-8)5-6-12(2)11(10)13/h4,7-8H,3,5-6H2,1-2H3. The van der Waals surface area contributed by atoms with Gasteiger partial charge in [0.1, 0.15) is 0 Å². The lowest BCUT2D eigenvalue weighted by atomic mass is 9.87. The molecule has 1 amide bonds. The van der Waals surface area contributed by atoms with E-state index in [-0.39, 0.29) is 5.91 Å². The van der Waals surface area contributed by atoms with Crippen LogP contribution in [-0.2, 0) is 4.79 Å². The van der Waals surface area contributed by atoms with Gasteiger partial charge in [-0.2, -0.15) is 0 Å². The van der Waals surface area contributed by atoms with Crippen molar-refractivity contribution in [1.29, 1.82) is 0 Å². The van der Waals surface area contributed by atoms with Gasteiger partial charge in [-0.05, 0) is 24.3 Å². The van der Waals surface area contributed by atoms with Crippen molar-refractivity contribution in [3.05, 3.63) is 23.3 Å². The number of nitrogens with zero attached hydrogens (tertiary/aromatic N) is 1. The third kappa shape index (κ3) is 1.41. The summed E-state index contributed by atoms with van der Waals surface area (Å²) in [7, 11) is 1.87. The van der Waals surface area contributed by atoms with Crippen molar-refractivity contribution in [1.82, 2.24) is 4.90 Å². The second-order valence-electron chi connectivity index (χ2n) is 4.00. The van der Waals surface area contributed by atoms with Gasteiger partial charge in [-0.3, -0.25) is 4.79 Å². The van der Waals surface area contributed by atoms with Gasteiger partial charge in [0.05, 0.1) is 0 Å². The largest absolute Gasteiger partial charge is 0.341 e. The molecule has 0 aromatic carbocycles. The summed E-state index contributed by atoms with van der Waals surface area (Å²) >= 11 is 0. The van der Waals surface area contributed by atoms with Crippen LogP contribution in [0.15, 0.2) is 23.3 Å². The van der Waals surface area contributed by atoms with Crippen LogP contribution in [0.3, 0.4) is 0 Å². The van der Waals surface area contributed by atoms with Crippen LogP contribution in [0.5, 0.6) is 0 Å². The SMILES string of the molecule is CC1C=C2CCN(C)C(=O)C2=CC1. The Morgan fingerprint density at radius 3 is 3.08 bits per heavy atom. The maximum absolute atomic E-state index is 11.7. The van der Waals surface area contributed by atoms with E-state index in [1.165, 1.54) is 5.57 Å². The molecule has 1 saturated heterocycles. The lowest BCUT2D eigenvalue weighted by Gasteiger charge is -2.29. The number of rotatable bonds is 0. The average molecular weight is 177 g/mol. The van der Waals surface area contributed by atoms with Crippen molar-refractivity contribution in [2.24, 2.45) is 5.92 Å². The number of carbonyl (C=O) groups excluding carboxylic acids is 1. The van der Waals surface area contributed by atoms with Crippen molar-refractivity contribution in [2.75, 3.05) is 13.6 Å². The summed E-state index contributed by atoms with van der Waals surface area (Å²) in [6, 6.07) is 0. The van der Waals surface area contributed by atoms with Gasteiger partial charge in [-0.15, -0.1) is 0 Å². The van der Waals surface area contributed by atoms with E-state index in [0.29, 0.717) is 5.92 Å². The Morgan fingerprint density at radius 2 is 2.31 bits per heavy atom. The second kappa shape index (κ2) is 3.02. The van der Waals surface area contributed by atoms with E-state index in [1.807, 2.05) is 7.05 Å². The average Bonchev–Trinajstić information content (AvgIpc) is 2.12. The summed E-state index contributed by atoms with van der Waals surface area (Å²) in [5.74, 6) is 0.805. The van der Waals surface area contributed by atoms with Gasteiger partial charge in [0.15, 0.2) is 0 Å². The predicted octanol–water partition coefficient (Wildman–Crippen LogP) is 1.74. The van der Waals surface area contributed by atoms with E-state index in [1.54, 1.807) is 4.90 Å². The second-order valence-corrected chi connectivity index (χ2v) is 4.00. The zero-order valence-corrected chi connectivity index (χ0v) is 8.21. The molecule has 0 radical (unpaired) electrons. The van der Waals surface area contributed by atoms with Gasteiger partial charge < -0.3 is 4.90 Å². The van der Waals surface area contributed by atoms with Gasteiger partial charge in [-0.25, -0.2) is 0 Å². The highest BCUT2D eigenvalue weighted by atomic mass is 16.2. The zero-order chi connectivity index (χ0) is 9.42. The summed E-state index contributed by atoms with van der Waals surface area (Å²) in [6.07, 6.45) is 6.38. The van der Waals surface area contributed by atoms with Crippen LogP contribution in [0.2, 0.25) is 0 Å². The highest BCUT2D eigenvalue weighted by Gasteiger charge is 2.26.